The molecule has 1 aromatic heterocycles. The monoisotopic (exact) mass is 274 g/mol. The summed E-state index contributed by atoms with van der Waals surface area (Å²) in [6.07, 6.45) is 5.39. The second kappa shape index (κ2) is 7.41. The van der Waals surface area contributed by atoms with Crippen molar-refractivity contribution in [3.05, 3.63) is 52.0 Å². The molecule has 1 aromatic carbocycles. The van der Waals surface area contributed by atoms with E-state index >= 15 is 0 Å². The maximum Gasteiger partial charge on any atom is 0.0794 e. The largest absolute Gasteiger partial charge is 0.314 e. The molecule has 0 aliphatic rings. The van der Waals surface area contributed by atoms with Crippen LogP contribution in [0, 0.1) is 6.92 Å². The van der Waals surface area contributed by atoms with Crippen molar-refractivity contribution in [3.8, 4) is 0 Å². The van der Waals surface area contributed by atoms with Crippen LogP contribution < -0.4 is 5.32 Å². The van der Waals surface area contributed by atoms with Crippen LogP contribution in [0.25, 0.3) is 0 Å². The number of nitrogens with zero attached hydrogens (tertiary/aromatic N) is 1. The fourth-order valence-electron chi connectivity index (χ4n) is 2.25. The number of rotatable bonds is 7. The van der Waals surface area contributed by atoms with Crippen LogP contribution in [0.3, 0.4) is 0 Å². The van der Waals surface area contributed by atoms with Gasteiger partial charge in [-0.05, 0) is 38.3 Å². The summed E-state index contributed by atoms with van der Waals surface area (Å²) in [5, 5.41) is 3.58. The van der Waals surface area contributed by atoms with Crippen LogP contribution in [0.15, 0.2) is 36.0 Å². The summed E-state index contributed by atoms with van der Waals surface area (Å²) < 4.78 is 0. The van der Waals surface area contributed by atoms with Crippen LogP contribution in [0.1, 0.15) is 29.3 Å². The third-order valence-electron chi connectivity index (χ3n) is 3.33. The molecule has 0 amide bonds. The fourth-order valence-corrected chi connectivity index (χ4v) is 2.92. The van der Waals surface area contributed by atoms with E-state index in [-0.39, 0.29) is 0 Å². The van der Waals surface area contributed by atoms with E-state index in [0.29, 0.717) is 6.04 Å². The summed E-state index contributed by atoms with van der Waals surface area (Å²) in [6, 6.07) is 9.42. The number of benzene rings is 1. The van der Waals surface area contributed by atoms with Crippen molar-refractivity contribution in [3.63, 3.8) is 0 Å². The molecular weight excluding hydrogens is 252 g/mol. The molecule has 1 heterocycles. The molecule has 1 atom stereocenters. The molecule has 0 saturated heterocycles. The van der Waals surface area contributed by atoms with E-state index in [1.807, 2.05) is 11.7 Å². The summed E-state index contributed by atoms with van der Waals surface area (Å²) in [5.74, 6) is 0. The highest BCUT2D eigenvalue weighted by molar-refractivity contribution is 7.09. The Balaban J connectivity index is 1.87. The number of thiazole rings is 1. The third-order valence-corrected chi connectivity index (χ3v) is 4.13. The van der Waals surface area contributed by atoms with Gasteiger partial charge in [0.25, 0.3) is 0 Å². The highest BCUT2D eigenvalue weighted by Crippen LogP contribution is 2.13. The van der Waals surface area contributed by atoms with Gasteiger partial charge in [-0.25, -0.2) is 0 Å². The molecule has 0 saturated carbocycles. The van der Waals surface area contributed by atoms with E-state index in [1.165, 1.54) is 22.4 Å². The Morgan fingerprint density at radius 2 is 2.05 bits per heavy atom. The number of aryl methyl sites for hydroxylation is 2. The van der Waals surface area contributed by atoms with Crippen molar-refractivity contribution >= 4 is 11.3 Å². The molecule has 1 N–H and O–H groups in total. The molecule has 0 spiro atoms. The summed E-state index contributed by atoms with van der Waals surface area (Å²) >= 11 is 1.75. The van der Waals surface area contributed by atoms with Gasteiger partial charge >= 0.3 is 0 Å². The predicted molar refractivity (Wildman–Crippen MR) is 82.8 cm³/mol. The molecule has 2 aromatic rings. The molecule has 0 aliphatic carbocycles. The molecule has 0 bridgehead atoms. The summed E-state index contributed by atoms with van der Waals surface area (Å²) in [5.41, 5.74) is 4.67. The lowest BCUT2D eigenvalue weighted by atomic mass is 10.0. The van der Waals surface area contributed by atoms with Gasteiger partial charge in [0.2, 0.25) is 0 Å². The Labute approximate surface area is 119 Å². The van der Waals surface area contributed by atoms with Gasteiger partial charge in [-0.1, -0.05) is 36.8 Å². The quantitative estimate of drug-likeness (QED) is 0.834. The topological polar surface area (TPSA) is 24.9 Å². The first-order valence-electron chi connectivity index (χ1n) is 6.94. The van der Waals surface area contributed by atoms with Crippen LogP contribution in [-0.2, 0) is 12.8 Å². The first-order valence-corrected chi connectivity index (χ1v) is 7.82. The van der Waals surface area contributed by atoms with Gasteiger partial charge in [-0.3, -0.25) is 4.98 Å². The fraction of sp³-hybridized carbons (Fsp3) is 0.438. The number of aromatic nitrogens is 1. The zero-order chi connectivity index (χ0) is 13.5. The molecule has 2 nitrogen and oxygen atoms in total. The molecule has 19 heavy (non-hydrogen) atoms. The summed E-state index contributed by atoms with van der Waals surface area (Å²) in [6.45, 7) is 5.33. The van der Waals surface area contributed by atoms with Gasteiger partial charge in [-0.15, -0.1) is 11.3 Å². The number of hydrogen-bond acceptors (Lipinski definition) is 3. The number of hydrogen-bond donors (Lipinski definition) is 1. The van der Waals surface area contributed by atoms with E-state index < -0.39 is 0 Å². The highest BCUT2D eigenvalue weighted by atomic mass is 32.1. The predicted octanol–water partition coefficient (Wildman–Crippen LogP) is 3.60. The number of nitrogens with one attached hydrogen (secondary N) is 1. The normalized spacial score (nSPS) is 12.5. The Morgan fingerprint density at radius 1 is 1.26 bits per heavy atom. The van der Waals surface area contributed by atoms with Crippen LogP contribution >= 0.6 is 11.3 Å². The highest BCUT2D eigenvalue weighted by Gasteiger charge is 2.09. The lowest BCUT2D eigenvalue weighted by Gasteiger charge is -2.17. The molecule has 3 heteroatoms. The van der Waals surface area contributed by atoms with Gasteiger partial charge in [0.05, 0.1) is 5.51 Å². The first-order chi connectivity index (χ1) is 9.28. The zero-order valence-electron chi connectivity index (χ0n) is 11.7. The number of likely N-dealkylation sites (N-methyl/N-ethyl adjacent to an activating group) is 1. The molecule has 1 unspecified atom stereocenters. The molecule has 0 fully saturated rings. The zero-order valence-corrected chi connectivity index (χ0v) is 12.5. The molecule has 102 valence electrons. The Hall–Kier alpha value is -1.19. The molecule has 0 aliphatic heterocycles. The van der Waals surface area contributed by atoms with E-state index in [1.54, 1.807) is 11.3 Å². The Kier molecular flexibility index (Phi) is 5.55. The smallest absolute Gasteiger partial charge is 0.0794 e. The van der Waals surface area contributed by atoms with E-state index in [9.17, 15) is 0 Å². The van der Waals surface area contributed by atoms with Gasteiger partial charge in [0, 0.05) is 17.1 Å². The molecule has 2 rings (SSSR count). The lowest BCUT2D eigenvalue weighted by molar-refractivity contribution is 0.493. The molecule has 0 radical (unpaired) electrons. The van der Waals surface area contributed by atoms with Crippen molar-refractivity contribution in [1.82, 2.24) is 10.3 Å². The Bertz CT molecular complexity index is 462. The van der Waals surface area contributed by atoms with Crippen molar-refractivity contribution in [2.75, 3.05) is 6.54 Å². The van der Waals surface area contributed by atoms with Crippen LogP contribution in [0.4, 0.5) is 0 Å². The van der Waals surface area contributed by atoms with E-state index in [0.717, 1.165) is 19.4 Å². The second-order valence-corrected chi connectivity index (χ2v) is 5.92. The Morgan fingerprint density at radius 3 is 2.68 bits per heavy atom. The minimum atomic E-state index is 0.548. The summed E-state index contributed by atoms with van der Waals surface area (Å²) in [4.78, 5) is 5.52. The van der Waals surface area contributed by atoms with Crippen molar-refractivity contribution < 1.29 is 0 Å². The van der Waals surface area contributed by atoms with Crippen LogP contribution in [0.5, 0.6) is 0 Å². The van der Waals surface area contributed by atoms with Gasteiger partial charge in [0.1, 0.15) is 0 Å². The minimum Gasteiger partial charge on any atom is -0.314 e. The average Bonchev–Trinajstić information content (AvgIpc) is 2.91. The second-order valence-electron chi connectivity index (χ2n) is 4.95. The maximum atomic E-state index is 4.15. The van der Waals surface area contributed by atoms with Crippen LogP contribution in [0.2, 0.25) is 0 Å². The molecular formula is C16H22N2S. The summed E-state index contributed by atoms with van der Waals surface area (Å²) in [7, 11) is 0. The third kappa shape index (κ3) is 4.77. The standard InChI is InChI=1S/C16H22N2S/c1-3-18-15(10-16-11-17-12-19-16)9-8-14-6-4-13(2)5-7-14/h4-7,11-12,15,18H,3,8-10H2,1-2H3. The van der Waals surface area contributed by atoms with Gasteiger partial charge < -0.3 is 5.32 Å². The first kappa shape index (κ1) is 14.2. The van der Waals surface area contributed by atoms with Crippen molar-refractivity contribution in [2.45, 2.75) is 39.2 Å². The lowest BCUT2D eigenvalue weighted by Crippen LogP contribution is -2.31. The van der Waals surface area contributed by atoms with Gasteiger partial charge in [-0.2, -0.15) is 0 Å². The van der Waals surface area contributed by atoms with Crippen molar-refractivity contribution in [1.29, 1.82) is 0 Å². The van der Waals surface area contributed by atoms with Crippen molar-refractivity contribution in [2.24, 2.45) is 0 Å². The SMILES string of the molecule is CCNC(CCc1ccc(C)cc1)Cc1cncs1. The van der Waals surface area contributed by atoms with E-state index in [2.05, 4.69) is 48.4 Å². The van der Waals surface area contributed by atoms with Gasteiger partial charge in [0.15, 0.2) is 0 Å². The minimum absolute atomic E-state index is 0.548. The average molecular weight is 274 g/mol. The maximum absolute atomic E-state index is 4.15. The van der Waals surface area contributed by atoms with E-state index in [4.69, 9.17) is 0 Å². The van der Waals surface area contributed by atoms with Crippen LogP contribution in [-0.4, -0.2) is 17.6 Å².